The Morgan fingerprint density at radius 3 is 2.07 bits per heavy atom. The summed E-state index contributed by atoms with van der Waals surface area (Å²) >= 11 is 0. The van der Waals surface area contributed by atoms with E-state index in [1.807, 2.05) is 0 Å². The normalized spacial score (nSPS) is 19.1. The van der Waals surface area contributed by atoms with Crippen LogP contribution in [-0.4, -0.2) is 46.1 Å². The molecule has 0 spiro atoms. The van der Waals surface area contributed by atoms with Crippen molar-refractivity contribution in [2.45, 2.75) is 25.7 Å². The lowest BCUT2D eigenvalue weighted by Gasteiger charge is -2.40. The van der Waals surface area contributed by atoms with Gasteiger partial charge in [0.05, 0.1) is 12.4 Å². The molecule has 0 atom stereocenters. The van der Waals surface area contributed by atoms with E-state index in [9.17, 15) is 4.39 Å². The number of hydrogen-bond acceptors (Lipinski definition) is 7. The van der Waals surface area contributed by atoms with Crippen molar-refractivity contribution in [3.05, 3.63) is 36.3 Å². The molecule has 140 valence electrons. The zero-order valence-corrected chi connectivity index (χ0v) is 15.1. The highest BCUT2D eigenvalue weighted by molar-refractivity contribution is 5.42. The molecular formula is C19H22FN7. The SMILES string of the molecule is N#Cc1cc(N2CCC(C3CCN(c4ncc(F)cn4)CC3)CC2)ncn1. The van der Waals surface area contributed by atoms with Gasteiger partial charge in [0, 0.05) is 32.2 Å². The Labute approximate surface area is 157 Å². The van der Waals surface area contributed by atoms with Gasteiger partial charge < -0.3 is 9.80 Å². The minimum atomic E-state index is -0.397. The van der Waals surface area contributed by atoms with Crippen molar-refractivity contribution in [1.29, 1.82) is 5.26 Å². The van der Waals surface area contributed by atoms with Crippen LogP contribution in [-0.2, 0) is 0 Å². The number of hydrogen-bond donors (Lipinski definition) is 0. The van der Waals surface area contributed by atoms with E-state index in [0.29, 0.717) is 17.6 Å². The molecule has 0 aliphatic carbocycles. The maximum atomic E-state index is 13.0. The van der Waals surface area contributed by atoms with Gasteiger partial charge in [0.15, 0.2) is 5.82 Å². The third-order valence-electron chi connectivity index (χ3n) is 5.73. The highest BCUT2D eigenvalue weighted by Gasteiger charge is 2.30. The molecular weight excluding hydrogens is 345 g/mol. The van der Waals surface area contributed by atoms with Crippen molar-refractivity contribution >= 4 is 11.8 Å². The molecule has 0 bridgehead atoms. The number of nitrogens with zero attached hydrogens (tertiary/aromatic N) is 7. The summed E-state index contributed by atoms with van der Waals surface area (Å²) in [5, 5.41) is 9.00. The van der Waals surface area contributed by atoms with Gasteiger partial charge in [0.2, 0.25) is 5.95 Å². The molecule has 4 heterocycles. The smallest absolute Gasteiger partial charge is 0.225 e. The maximum absolute atomic E-state index is 13.0. The minimum absolute atomic E-state index is 0.397. The molecule has 2 aliphatic rings. The third-order valence-corrected chi connectivity index (χ3v) is 5.73. The van der Waals surface area contributed by atoms with Gasteiger partial charge in [-0.1, -0.05) is 0 Å². The van der Waals surface area contributed by atoms with E-state index in [2.05, 4.69) is 35.8 Å². The van der Waals surface area contributed by atoms with E-state index < -0.39 is 5.82 Å². The van der Waals surface area contributed by atoms with Crippen LogP contribution in [0.5, 0.6) is 0 Å². The molecule has 27 heavy (non-hydrogen) atoms. The molecule has 0 amide bonds. The second-order valence-corrected chi connectivity index (χ2v) is 7.22. The fourth-order valence-corrected chi connectivity index (χ4v) is 4.22. The number of anilines is 2. The summed E-state index contributed by atoms with van der Waals surface area (Å²) < 4.78 is 13.0. The standard InChI is InChI=1S/C19H22FN7/c20-16-11-22-19(23-12-16)27-7-3-15(4-8-27)14-1-5-26(6-2-14)18-9-17(10-21)24-13-25-18/h9,11-15H,1-8H2. The number of aromatic nitrogens is 4. The van der Waals surface area contributed by atoms with Crippen LogP contribution in [0.2, 0.25) is 0 Å². The maximum Gasteiger partial charge on any atom is 0.225 e. The summed E-state index contributed by atoms with van der Waals surface area (Å²) in [5.74, 6) is 2.51. The number of rotatable bonds is 3. The molecule has 2 aromatic heterocycles. The summed E-state index contributed by atoms with van der Waals surface area (Å²) in [5.41, 5.74) is 0.414. The third kappa shape index (κ3) is 3.97. The van der Waals surface area contributed by atoms with Crippen molar-refractivity contribution in [2.24, 2.45) is 11.8 Å². The lowest BCUT2D eigenvalue weighted by atomic mass is 9.79. The quantitative estimate of drug-likeness (QED) is 0.824. The first-order valence-electron chi connectivity index (χ1n) is 9.42. The molecule has 2 saturated heterocycles. The zero-order chi connectivity index (χ0) is 18.6. The van der Waals surface area contributed by atoms with Gasteiger partial charge in [-0.2, -0.15) is 5.26 Å². The van der Waals surface area contributed by atoms with Gasteiger partial charge >= 0.3 is 0 Å². The van der Waals surface area contributed by atoms with Gasteiger partial charge in [0.25, 0.3) is 0 Å². The molecule has 0 saturated carbocycles. The molecule has 4 rings (SSSR count). The van der Waals surface area contributed by atoms with Crippen molar-refractivity contribution in [1.82, 2.24) is 19.9 Å². The second kappa shape index (κ2) is 7.82. The van der Waals surface area contributed by atoms with E-state index in [4.69, 9.17) is 5.26 Å². The first-order chi connectivity index (χ1) is 13.2. The van der Waals surface area contributed by atoms with Gasteiger partial charge in [-0.3, -0.25) is 0 Å². The molecule has 2 aliphatic heterocycles. The predicted octanol–water partition coefficient (Wildman–Crippen LogP) is 2.41. The average molecular weight is 367 g/mol. The Kier molecular flexibility index (Phi) is 5.10. The lowest BCUT2D eigenvalue weighted by molar-refractivity contribution is 0.232. The summed E-state index contributed by atoms with van der Waals surface area (Å²) in [6, 6.07) is 3.84. The summed E-state index contributed by atoms with van der Waals surface area (Å²) in [4.78, 5) is 20.8. The van der Waals surface area contributed by atoms with Crippen LogP contribution in [0.15, 0.2) is 24.8 Å². The number of halogens is 1. The van der Waals surface area contributed by atoms with Crippen molar-refractivity contribution in [3.8, 4) is 6.07 Å². The summed E-state index contributed by atoms with van der Waals surface area (Å²) in [7, 11) is 0. The molecule has 2 aromatic rings. The molecule has 0 N–H and O–H groups in total. The van der Waals surface area contributed by atoms with Gasteiger partial charge in [0.1, 0.15) is 23.9 Å². The van der Waals surface area contributed by atoms with Crippen LogP contribution in [0.4, 0.5) is 16.2 Å². The average Bonchev–Trinajstić information content (AvgIpc) is 2.75. The second-order valence-electron chi connectivity index (χ2n) is 7.22. The highest BCUT2D eigenvalue weighted by atomic mass is 19.1. The fraction of sp³-hybridized carbons (Fsp3) is 0.526. The molecule has 7 nitrogen and oxygen atoms in total. The van der Waals surface area contributed by atoms with Crippen LogP contribution in [0.3, 0.4) is 0 Å². The first-order valence-corrected chi connectivity index (χ1v) is 9.42. The Bertz CT molecular complexity index is 804. The van der Waals surface area contributed by atoms with E-state index in [1.165, 1.54) is 18.7 Å². The van der Waals surface area contributed by atoms with Crippen molar-refractivity contribution in [2.75, 3.05) is 36.0 Å². The van der Waals surface area contributed by atoms with Crippen LogP contribution in [0.1, 0.15) is 31.4 Å². The predicted molar refractivity (Wildman–Crippen MR) is 98.6 cm³/mol. The Morgan fingerprint density at radius 1 is 0.889 bits per heavy atom. The van der Waals surface area contributed by atoms with Gasteiger partial charge in [-0.15, -0.1) is 0 Å². The topological polar surface area (TPSA) is 81.8 Å². The largest absolute Gasteiger partial charge is 0.356 e. The fourth-order valence-electron chi connectivity index (χ4n) is 4.22. The van der Waals surface area contributed by atoms with Crippen LogP contribution in [0.25, 0.3) is 0 Å². The van der Waals surface area contributed by atoms with E-state index in [0.717, 1.165) is 63.6 Å². The van der Waals surface area contributed by atoms with Crippen LogP contribution in [0, 0.1) is 29.0 Å². The molecule has 0 radical (unpaired) electrons. The molecule has 2 fully saturated rings. The number of nitriles is 1. The Morgan fingerprint density at radius 2 is 1.48 bits per heavy atom. The molecule has 8 heteroatoms. The van der Waals surface area contributed by atoms with E-state index in [-0.39, 0.29) is 0 Å². The summed E-state index contributed by atoms with van der Waals surface area (Å²) in [6.45, 7) is 3.78. The van der Waals surface area contributed by atoms with E-state index >= 15 is 0 Å². The first kappa shape index (κ1) is 17.6. The van der Waals surface area contributed by atoms with Gasteiger partial charge in [-0.05, 0) is 37.5 Å². The lowest BCUT2D eigenvalue weighted by Crippen LogP contribution is -2.41. The summed E-state index contributed by atoms with van der Waals surface area (Å²) in [6.07, 6.45) is 8.46. The van der Waals surface area contributed by atoms with Crippen molar-refractivity contribution in [3.63, 3.8) is 0 Å². The highest BCUT2D eigenvalue weighted by Crippen LogP contribution is 2.34. The molecule has 0 aromatic carbocycles. The Hall–Kier alpha value is -2.82. The van der Waals surface area contributed by atoms with E-state index in [1.54, 1.807) is 6.07 Å². The number of piperidine rings is 2. The van der Waals surface area contributed by atoms with Crippen LogP contribution < -0.4 is 9.80 Å². The minimum Gasteiger partial charge on any atom is -0.356 e. The van der Waals surface area contributed by atoms with Gasteiger partial charge in [-0.25, -0.2) is 24.3 Å². The Balaban J connectivity index is 1.29. The monoisotopic (exact) mass is 367 g/mol. The van der Waals surface area contributed by atoms with Crippen molar-refractivity contribution < 1.29 is 4.39 Å². The molecule has 0 unspecified atom stereocenters. The van der Waals surface area contributed by atoms with Crippen LogP contribution >= 0.6 is 0 Å². The zero-order valence-electron chi connectivity index (χ0n) is 15.1.